The smallest absolute Gasteiger partial charge is 0.407 e. The Balaban J connectivity index is 1.46. The van der Waals surface area contributed by atoms with Crippen LogP contribution in [0.25, 0.3) is 0 Å². The Labute approximate surface area is 260 Å². The predicted octanol–water partition coefficient (Wildman–Crippen LogP) is 4.61. The first-order valence-corrected chi connectivity index (χ1v) is 14.1. The van der Waals surface area contributed by atoms with Gasteiger partial charge in [0.15, 0.2) is 11.6 Å². The summed E-state index contributed by atoms with van der Waals surface area (Å²) in [6.45, 7) is 0.00945. The Hall–Kier alpha value is -4.50. The van der Waals surface area contributed by atoms with Crippen molar-refractivity contribution >= 4 is 17.7 Å². The minimum atomic E-state index is -4.57. The molecule has 1 aliphatic rings. The summed E-state index contributed by atoms with van der Waals surface area (Å²) in [5.74, 6) is -3.70. The van der Waals surface area contributed by atoms with E-state index in [0.717, 1.165) is 6.07 Å². The van der Waals surface area contributed by atoms with Gasteiger partial charge in [0, 0.05) is 12.5 Å². The Morgan fingerprint density at radius 3 is 2.13 bits per heavy atom. The van der Waals surface area contributed by atoms with Crippen LogP contribution < -0.4 is 26.4 Å². The molecule has 1 aliphatic heterocycles. The number of carbonyl (C=O) groups excluding carboxylic acids is 2. The van der Waals surface area contributed by atoms with Crippen molar-refractivity contribution in [1.82, 2.24) is 10.6 Å². The van der Waals surface area contributed by atoms with Crippen molar-refractivity contribution in [2.24, 2.45) is 5.73 Å². The number of primary amides is 1. The second kappa shape index (κ2) is 15.2. The monoisotopic (exact) mass is 654 g/mol. The topological polar surface area (TPSA) is 124 Å². The quantitative estimate of drug-likeness (QED) is 0.210. The number of hydrogen-bond acceptors (Lipinski definition) is 7. The number of morpholine rings is 1. The van der Waals surface area contributed by atoms with Crippen molar-refractivity contribution in [1.29, 1.82) is 0 Å². The van der Waals surface area contributed by atoms with Crippen molar-refractivity contribution in [3.8, 4) is 5.75 Å². The molecule has 15 heteroatoms. The summed E-state index contributed by atoms with van der Waals surface area (Å²) in [4.78, 5) is 24.4. The summed E-state index contributed by atoms with van der Waals surface area (Å²) in [6, 6.07) is 13.0. The molecule has 46 heavy (non-hydrogen) atoms. The van der Waals surface area contributed by atoms with Crippen molar-refractivity contribution in [3.05, 3.63) is 95.3 Å². The van der Waals surface area contributed by atoms with Crippen LogP contribution in [0.3, 0.4) is 0 Å². The molecule has 0 unspecified atom stereocenters. The molecule has 1 saturated heterocycles. The molecule has 9 nitrogen and oxygen atoms in total. The second-order valence-electron chi connectivity index (χ2n) is 10.6. The fourth-order valence-corrected chi connectivity index (χ4v) is 4.86. The van der Waals surface area contributed by atoms with E-state index in [0.29, 0.717) is 11.1 Å². The van der Waals surface area contributed by atoms with Gasteiger partial charge in [-0.2, -0.15) is 13.2 Å². The van der Waals surface area contributed by atoms with Gasteiger partial charge in [0.05, 0.1) is 18.3 Å². The number of nitrogens with two attached hydrogens (primary N) is 1. The summed E-state index contributed by atoms with van der Waals surface area (Å²) >= 11 is 0. The summed E-state index contributed by atoms with van der Waals surface area (Å²) in [5.41, 5.74) is 6.86. The molecule has 248 valence electrons. The zero-order valence-electron chi connectivity index (χ0n) is 24.5. The van der Waals surface area contributed by atoms with Gasteiger partial charge >= 0.3 is 12.3 Å². The summed E-state index contributed by atoms with van der Waals surface area (Å²) in [7, 11) is 0. The molecule has 3 aromatic carbocycles. The van der Waals surface area contributed by atoms with Crippen LogP contribution in [0.5, 0.6) is 5.75 Å². The minimum absolute atomic E-state index is 0.00800. The molecule has 0 aliphatic carbocycles. The average Bonchev–Trinajstić information content (AvgIpc) is 3.01. The zero-order chi connectivity index (χ0) is 33.4. The normalized spacial score (nSPS) is 18.0. The third-order valence-electron chi connectivity index (χ3n) is 7.17. The van der Waals surface area contributed by atoms with E-state index in [1.807, 2.05) is 0 Å². The number of carbonyl (C=O) groups is 2. The van der Waals surface area contributed by atoms with Crippen LogP contribution in [-0.2, 0) is 14.3 Å². The van der Waals surface area contributed by atoms with Gasteiger partial charge in [0.1, 0.15) is 43.0 Å². The van der Waals surface area contributed by atoms with Gasteiger partial charge in [-0.3, -0.25) is 4.79 Å². The molecule has 0 aromatic heterocycles. The maximum absolute atomic E-state index is 15.2. The van der Waals surface area contributed by atoms with Gasteiger partial charge in [0.25, 0.3) is 0 Å². The first kappa shape index (κ1) is 34.4. The summed E-state index contributed by atoms with van der Waals surface area (Å²) in [6.07, 6.45) is -7.19. The maximum Gasteiger partial charge on any atom is 0.407 e. The van der Waals surface area contributed by atoms with E-state index < -0.39 is 72.4 Å². The first-order chi connectivity index (χ1) is 21.8. The van der Waals surface area contributed by atoms with Gasteiger partial charge < -0.3 is 35.9 Å². The number of halogens is 6. The highest BCUT2D eigenvalue weighted by Gasteiger charge is 2.33. The lowest BCUT2D eigenvalue weighted by Crippen LogP contribution is -2.53. The summed E-state index contributed by atoms with van der Waals surface area (Å²) < 4.78 is 96.0. The lowest BCUT2D eigenvalue weighted by molar-refractivity contribution is -0.124. The van der Waals surface area contributed by atoms with Gasteiger partial charge in [-0.25, -0.2) is 18.0 Å². The molecule has 1 fully saturated rings. The Kier molecular flexibility index (Phi) is 11.4. The number of anilines is 1. The van der Waals surface area contributed by atoms with Crippen LogP contribution in [-0.4, -0.2) is 68.8 Å². The van der Waals surface area contributed by atoms with E-state index in [9.17, 15) is 31.5 Å². The molecule has 0 radical (unpaired) electrons. The third-order valence-corrected chi connectivity index (χ3v) is 7.17. The molecular weight excluding hydrogens is 622 g/mol. The molecule has 1 heterocycles. The van der Waals surface area contributed by atoms with Crippen LogP contribution in [0.2, 0.25) is 0 Å². The molecule has 2 amide bonds. The highest BCUT2D eigenvalue weighted by molar-refractivity contribution is 5.85. The zero-order valence-corrected chi connectivity index (χ0v) is 24.5. The van der Waals surface area contributed by atoms with E-state index in [1.54, 1.807) is 12.2 Å². The number of amides is 2. The lowest BCUT2D eigenvalue weighted by Gasteiger charge is -2.34. The third kappa shape index (κ3) is 9.50. The van der Waals surface area contributed by atoms with Crippen molar-refractivity contribution in [3.63, 3.8) is 0 Å². The van der Waals surface area contributed by atoms with Crippen molar-refractivity contribution in [2.45, 2.75) is 43.3 Å². The largest absolute Gasteiger partial charge is 0.483 e. The van der Waals surface area contributed by atoms with E-state index in [2.05, 4.69) is 10.6 Å². The molecule has 3 aromatic rings. The fraction of sp³-hybridized carbons (Fsp3) is 0.355. The molecule has 4 rings (SSSR count). The number of ether oxygens (including phenoxy) is 3. The summed E-state index contributed by atoms with van der Waals surface area (Å²) in [5, 5.41) is 7.61. The Bertz CT molecular complexity index is 1420. The number of para-hydroxylation sites is 1. The number of alkyl halides is 3. The Morgan fingerprint density at radius 2 is 1.61 bits per heavy atom. The van der Waals surface area contributed by atoms with Gasteiger partial charge in [-0.15, -0.1) is 0 Å². The SMILES string of the molecule is C[C@H](Oc1c(F)cccc1N[C@H](C(N)=O)C(c1ccc(F)cc1)c1ccc(F)cc1)[C@@H]1CN[C@H](COC(=O)NCC(F)(F)F)CO1. The van der Waals surface area contributed by atoms with E-state index in [-0.39, 0.29) is 31.2 Å². The number of hydrogen-bond donors (Lipinski definition) is 4. The van der Waals surface area contributed by atoms with Gasteiger partial charge in [0.2, 0.25) is 5.91 Å². The molecule has 0 bridgehead atoms. The van der Waals surface area contributed by atoms with Crippen molar-refractivity contribution in [2.75, 3.05) is 31.6 Å². The fourth-order valence-electron chi connectivity index (χ4n) is 4.86. The lowest BCUT2D eigenvalue weighted by atomic mass is 9.84. The molecular formula is C31H32F6N4O5. The van der Waals surface area contributed by atoms with Gasteiger partial charge in [-0.05, 0) is 54.4 Å². The molecule has 0 spiro atoms. The van der Waals surface area contributed by atoms with Crippen molar-refractivity contribution < 1.29 is 50.1 Å². The van der Waals surface area contributed by atoms with Crippen LogP contribution in [0, 0.1) is 17.5 Å². The van der Waals surface area contributed by atoms with E-state index >= 15 is 4.39 Å². The standard InChI is InChI=1S/C31H32F6N4O5/c1-17(25-13-39-22(14-44-25)15-45-30(43)40-16-31(35,36)37)46-28-23(34)3-2-4-24(28)41-27(29(38)42)26(18-5-9-20(32)10-6-18)19-7-11-21(33)12-8-19/h2-12,17,22,25-27,39,41H,13-16H2,1H3,(H2,38,42)(H,40,43)/t17-,22-,25-,27-/m0/s1. The predicted molar refractivity (Wildman–Crippen MR) is 155 cm³/mol. The van der Waals surface area contributed by atoms with Crippen LogP contribution >= 0.6 is 0 Å². The van der Waals surface area contributed by atoms with E-state index in [1.165, 1.54) is 60.7 Å². The molecule has 4 atom stereocenters. The van der Waals surface area contributed by atoms with E-state index in [4.69, 9.17) is 19.9 Å². The Morgan fingerprint density at radius 1 is 1.00 bits per heavy atom. The number of rotatable bonds is 12. The molecule has 0 saturated carbocycles. The molecule has 5 N–H and O–H groups in total. The first-order valence-electron chi connectivity index (χ1n) is 14.1. The highest BCUT2D eigenvalue weighted by atomic mass is 19.4. The van der Waals surface area contributed by atoms with Crippen LogP contribution in [0.15, 0.2) is 66.7 Å². The van der Waals surface area contributed by atoms with Crippen LogP contribution in [0.1, 0.15) is 24.0 Å². The minimum Gasteiger partial charge on any atom is -0.483 e. The second-order valence-corrected chi connectivity index (χ2v) is 10.6. The van der Waals surface area contributed by atoms with Gasteiger partial charge in [-0.1, -0.05) is 30.3 Å². The number of nitrogens with one attached hydrogen (secondary N) is 3. The number of alkyl carbamates (subject to hydrolysis) is 1. The highest BCUT2D eigenvalue weighted by Crippen LogP contribution is 2.35. The van der Waals surface area contributed by atoms with Crippen LogP contribution in [0.4, 0.5) is 36.8 Å². The average molecular weight is 655 g/mol. The number of benzene rings is 3. The maximum atomic E-state index is 15.2.